The number of benzene rings is 3. The van der Waals surface area contributed by atoms with Crippen LogP contribution in [0, 0.1) is 12.7 Å². The summed E-state index contributed by atoms with van der Waals surface area (Å²) < 4.78 is 27.3. The molecule has 0 saturated carbocycles. The maximum Gasteiger partial charge on any atom is 0.346 e. The van der Waals surface area contributed by atoms with Crippen LogP contribution in [0.3, 0.4) is 0 Å². The minimum absolute atomic E-state index is 0.149. The minimum Gasteiger partial charge on any atom is -0.462 e. The molecule has 0 aliphatic rings. The second-order valence-corrected chi connectivity index (χ2v) is 7.87. The first-order valence-corrected chi connectivity index (χ1v) is 11.2. The highest BCUT2D eigenvalue weighted by Gasteiger charge is 2.25. The van der Waals surface area contributed by atoms with E-state index in [1.807, 2.05) is 31.2 Å². The van der Waals surface area contributed by atoms with Gasteiger partial charge in [0, 0.05) is 28.4 Å². The van der Waals surface area contributed by atoms with Crippen LogP contribution in [0.1, 0.15) is 53.1 Å². The first kappa shape index (κ1) is 22.5. The van der Waals surface area contributed by atoms with E-state index in [-0.39, 0.29) is 17.9 Å². The van der Waals surface area contributed by atoms with Crippen molar-refractivity contribution in [2.45, 2.75) is 40.2 Å². The molecule has 0 saturated heterocycles. The number of hydrogen-bond acceptors (Lipinski definition) is 4. The van der Waals surface area contributed by atoms with Crippen molar-refractivity contribution in [3.05, 3.63) is 77.2 Å². The zero-order valence-electron chi connectivity index (χ0n) is 19.0. The molecule has 0 amide bonds. The van der Waals surface area contributed by atoms with Gasteiger partial charge in [0.2, 0.25) is 0 Å². The van der Waals surface area contributed by atoms with Gasteiger partial charge in [0.25, 0.3) is 0 Å². The van der Waals surface area contributed by atoms with Crippen LogP contribution in [0.15, 0.2) is 54.6 Å². The second kappa shape index (κ2) is 9.45. The standard InChI is InChI=1S/C27H26FNO4/c1-4-6-15-29-17(3)24(27(31)32-5-2)21-16-23(18-11-7-8-12-19(18)25(21)29)33-26(30)20-13-9-10-14-22(20)28/h7-14,16H,4-6,15H2,1-3H3. The van der Waals surface area contributed by atoms with Crippen molar-refractivity contribution in [3.63, 3.8) is 0 Å². The number of carbonyl (C=O) groups is 2. The van der Waals surface area contributed by atoms with Gasteiger partial charge >= 0.3 is 11.9 Å². The first-order chi connectivity index (χ1) is 16.0. The van der Waals surface area contributed by atoms with Crippen LogP contribution in [-0.4, -0.2) is 23.1 Å². The quantitative estimate of drug-likeness (QED) is 0.242. The smallest absolute Gasteiger partial charge is 0.346 e. The molecule has 170 valence electrons. The van der Waals surface area contributed by atoms with Gasteiger partial charge in [-0.3, -0.25) is 0 Å². The number of rotatable bonds is 7. The molecular weight excluding hydrogens is 421 g/mol. The molecule has 0 fully saturated rings. The molecular formula is C27H26FNO4. The van der Waals surface area contributed by atoms with Crippen LogP contribution < -0.4 is 4.74 Å². The number of unbranched alkanes of at least 4 members (excludes halogenated alkanes) is 1. The van der Waals surface area contributed by atoms with E-state index in [1.54, 1.807) is 19.1 Å². The predicted molar refractivity (Wildman–Crippen MR) is 126 cm³/mol. The Balaban J connectivity index is 1.96. The highest BCUT2D eigenvalue weighted by atomic mass is 19.1. The fourth-order valence-electron chi connectivity index (χ4n) is 4.23. The molecule has 5 nitrogen and oxygen atoms in total. The Labute approximate surface area is 191 Å². The van der Waals surface area contributed by atoms with Gasteiger partial charge in [-0.15, -0.1) is 0 Å². The van der Waals surface area contributed by atoms with Crippen molar-refractivity contribution in [3.8, 4) is 5.75 Å². The summed E-state index contributed by atoms with van der Waals surface area (Å²) in [6.07, 6.45) is 1.95. The van der Waals surface area contributed by atoms with Crippen LogP contribution in [0.4, 0.5) is 4.39 Å². The maximum atomic E-state index is 14.2. The molecule has 0 atom stereocenters. The van der Waals surface area contributed by atoms with Gasteiger partial charge in [0.15, 0.2) is 0 Å². The molecule has 0 aliphatic heterocycles. The average molecular weight is 448 g/mol. The van der Waals surface area contributed by atoms with Crippen LogP contribution in [-0.2, 0) is 11.3 Å². The lowest BCUT2D eigenvalue weighted by atomic mass is 10.0. The Morgan fingerprint density at radius 2 is 1.64 bits per heavy atom. The highest BCUT2D eigenvalue weighted by molar-refractivity contribution is 6.16. The minimum atomic E-state index is -0.794. The monoisotopic (exact) mass is 447 g/mol. The van der Waals surface area contributed by atoms with E-state index in [1.165, 1.54) is 18.2 Å². The number of carbonyl (C=O) groups excluding carboxylic acids is 2. The molecule has 4 aromatic rings. The van der Waals surface area contributed by atoms with Crippen molar-refractivity contribution in [2.75, 3.05) is 6.61 Å². The topological polar surface area (TPSA) is 57.5 Å². The highest BCUT2D eigenvalue weighted by Crippen LogP contribution is 2.38. The summed E-state index contributed by atoms with van der Waals surface area (Å²) in [5, 5.41) is 2.21. The van der Waals surface area contributed by atoms with Gasteiger partial charge < -0.3 is 14.0 Å². The third kappa shape index (κ3) is 4.09. The van der Waals surface area contributed by atoms with Crippen molar-refractivity contribution < 1.29 is 23.5 Å². The lowest BCUT2D eigenvalue weighted by Gasteiger charge is -2.12. The van der Waals surface area contributed by atoms with Gasteiger partial charge in [-0.05, 0) is 38.5 Å². The average Bonchev–Trinajstić information content (AvgIpc) is 3.09. The van der Waals surface area contributed by atoms with E-state index in [0.29, 0.717) is 16.3 Å². The zero-order valence-corrected chi connectivity index (χ0v) is 19.0. The molecule has 0 spiro atoms. The molecule has 1 heterocycles. The molecule has 33 heavy (non-hydrogen) atoms. The Morgan fingerprint density at radius 1 is 0.939 bits per heavy atom. The fraction of sp³-hybridized carbons (Fsp3) is 0.259. The van der Waals surface area contributed by atoms with Crippen molar-refractivity contribution in [2.24, 2.45) is 0 Å². The van der Waals surface area contributed by atoms with Gasteiger partial charge in [0.05, 0.1) is 23.3 Å². The van der Waals surface area contributed by atoms with Gasteiger partial charge in [-0.25, -0.2) is 14.0 Å². The lowest BCUT2D eigenvalue weighted by molar-refractivity contribution is 0.0527. The summed E-state index contributed by atoms with van der Waals surface area (Å²) >= 11 is 0. The number of aryl methyl sites for hydroxylation is 1. The Kier molecular flexibility index (Phi) is 6.45. The van der Waals surface area contributed by atoms with Crippen molar-refractivity contribution in [1.29, 1.82) is 0 Å². The van der Waals surface area contributed by atoms with Crippen molar-refractivity contribution >= 4 is 33.6 Å². The number of halogens is 1. The lowest BCUT2D eigenvalue weighted by Crippen LogP contribution is -2.11. The van der Waals surface area contributed by atoms with E-state index < -0.39 is 17.8 Å². The first-order valence-electron chi connectivity index (χ1n) is 11.2. The molecule has 3 aromatic carbocycles. The SMILES string of the molecule is CCCCn1c(C)c(C(=O)OCC)c2cc(OC(=O)c3ccccc3F)c3ccccc3c21. The zero-order chi connectivity index (χ0) is 23.5. The van der Waals surface area contributed by atoms with Crippen LogP contribution in [0.25, 0.3) is 21.7 Å². The number of nitrogens with zero attached hydrogens (tertiary/aromatic N) is 1. The van der Waals surface area contributed by atoms with Crippen LogP contribution in [0.2, 0.25) is 0 Å². The molecule has 0 radical (unpaired) electrons. The number of esters is 2. The Morgan fingerprint density at radius 3 is 2.33 bits per heavy atom. The molecule has 0 unspecified atom stereocenters. The summed E-state index contributed by atoms with van der Waals surface area (Å²) in [5.41, 5.74) is 2.01. The van der Waals surface area contributed by atoms with Gasteiger partial charge in [-0.1, -0.05) is 49.7 Å². The van der Waals surface area contributed by atoms with E-state index in [4.69, 9.17) is 9.47 Å². The molecule has 6 heteroatoms. The Hall–Kier alpha value is -3.67. The van der Waals surface area contributed by atoms with E-state index in [9.17, 15) is 14.0 Å². The van der Waals surface area contributed by atoms with Crippen LogP contribution >= 0.6 is 0 Å². The van der Waals surface area contributed by atoms with E-state index in [2.05, 4.69) is 11.5 Å². The largest absolute Gasteiger partial charge is 0.462 e. The fourth-order valence-corrected chi connectivity index (χ4v) is 4.23. The summed E-state index contributed by atoms with van der Waals surface area (Å²) in [6, 6.07) is 14.9. The third-order valence-electron chi connectivity index (χ3n) is 5.80. The molecule has 4 rings (SSSR count). The number of hydrogen-bond donors (Lipinski definition) is 0. The number of fused-ring (bicyclic) bond motifs is 3. The second-order valence-electron chi connectivity index (χ2n) is 7.87. The summed E-state index contributed by atoms with van der Waals surface area (Å²) in [7, 11) is 0. The van der Waals surface area contributed by atoms with E-state index in [0.717, 1.165) is 36.0 Å². The summed E-state index contributed by atoms with van der Waals surface area (Å²) in [5.74, 6) is -1.60. The normalized spacial score (nSPS) is 11.2. The van der Waals surface area contributed by atoms with Gasteiger partial charge in [-0.2, -0.15) is 0 Å². The Bertz CT molecular complexity index is 1360. The summed E-state index contributed by atoms with van der Waals surface area (Å²) in [6.45, 7) is 6.78. The van der Waals surface area contributed by atoms with Crippen molar-refractivity contribution in [1.82, 2.24) is 4.57 Å². The number of aromatic nitrogens is 1. The molecule has 0 aliphatic carbocycles. The van der Waals surface area contributed by atoms with Crippen LogP contribution in [0.5, 0.6) is 5.75 Å². The third-order valence-corrected chi connectivity index (χ3v) is 5.80. The van der Waals surface area contributed by atoms with E-state index >= 15 is 0 Å². The van der Waals surface area contributed by atoms with Gasteiger partial charge in [0.1, 0.15) is 11.6 Å². The molecule has 1 aromatic heterocycles. The summed E-state index contributed by atoms with van der Waals surface area (Å²) in [4.78, 5) is 25.7. The maximum absolute atomic E-state index is 14.2. The number of ether oxygens (including phenoxy) is 2. The molecule has 0 bridgehead atoms. The predicted octanol–water partition coefficient (Wildman–Crippen LogP) is 6.44. The molecule has 0 N–H and O–H groups in total.